The Bertz CT molecular complexity index is 955. The van der Waals surface area contributed by atoms with Crippen molar-refractivity contribution in [3.8, 4) is 5.69 Å². The first kappa shape index (κ1) is 19.2. The molecule has 1 aromatic heterocycles. The van der Waals surface area contributed by atoms with Crippen molar-refractivity contribution in [3.63, 3.8) is 0 Å². The van der Waals surface area contributed by atoms with Gasteiger partial charge in [0.05, 0.1) is 5.69 Å². The van der Waals surface area contributed by atoms with Crippen LogP contribution in [0.3, 0.4) is 0 Å². The third-order valence-electron chi connectivity index (χ3n) is 4.35. The van der Waals surface area contributed by atoms with Gasteiger partial charge in [-0.05, 0) is 59.7 Å². The van der Waals surface area contributed by atoms with E-state index in [0.29, 0.717) is 23.4 Å². The van der Waals surface area contributed by atoms with Crippen LogP contribution in [-0.2, 0) is 6.54 Å². The number of benzene rings is 2. The summed E-state index contributed by atoms with van der Waals surface area (Å²) in [6.45, 7) is 4.30. The zero-order valence-corrected chi connectivity index (χ0v) is 15.8. The molecule has 0 aliphatic heterocycles. The average molecular weight is 378 g/mol. The van der Waals surface area contributed by atoms with Gasteiger partial charge in [0.25, 0.3) is 11.8 Å². The highest BCUT2D eigenvalue weighted by atomic mass is 16.2. The van der Waals surface area contributed by atoms with Gasteiger partial charge in [-0.1, -0.05) is 25.1 Å². The largest absolute Gasteiger partial charge is 0.350 e. The third-order valence-corrected chi connectivity index (χ3v) is 4.35. The number of amides is 2. The molecule has 8 heteroatoms. The molecule has 0 aliphatic rings. The minimum absolute atomic E-state index is 0.114. The summed E-state index contributed by atoms with van der Waals surface area (Å²) >= 11 is 0. The molecule has 3 aromatic rings. The Morgan fingerprint density at radius 3 is 2.54 bits per heavy atom. The summed E-state index contributed by atoms with van der Waals surface area (Å²) in [6.07, 6.45) is 2.33. The van der Waals surface area contributed by atoms with Gasteiger partial charge in [-0.25, -0.2) is 4.68 Å². The van der Waals surface area contributed by atoms with E-state index in [4.69, 9.17) is 0 Å². The fraction of sp³-hybridized carbons (Fsp3) is 0.250. The minimum Gasteiger partial charge on any atom is -0.350 e. The van der Waals surface area contributed by atoms with Gasteiger partial charge < -0.3 is 10.6 Å². The molecule has 8 nitrogen and oxygen atoms in total. The molecular weight excluding hydrogens is 356 g/mol. The highest BCUT2D eigenvalue weighted by Gasteiger charge is 2.11. The normalized spacial score (nSPS) is 11.6. The maximum atomic E-state index is 12.5. The molecule has 0 bridgehead atoms. The van der Waals surface area contributed by atoms with Gasteiger partial charge in [0.1, 0.15) is 6.33 Å². The summed E-state index contributed by atoms with van der Waals surface area (Å²) in [5.41, 5.74) is 2.62. The maximum Gasteiger partial charge on any atom is 0.251 e. The molecule has 0 saturated heterocycles. The van der Waals surface area contributed by atoms with Crippen LogP contribution in [0.15, 0.2) is 54.9 Å². The molecule has 0 aliphatic carbocycles. The van der Waals surface area contributed by atoms with E-state index in [1.165, 1.54) is 11.0 Å². The van der Waals surface area contributed by atoms with Crippen LogP contribution in [0.1, 0.15) is 46.5 Å². The van der Waals surface area contributed by atoms with Crippen LogP contribution in [0.2, 0.25) is 0 Å². The molecule has 144 valence electrons. The van der Waals surface area contributed by atoms with Crippen molar-refractivity contribution in [1.29, 1.82) is 0 Å². The topological polar surface area (TPSA) is 102 Å². The van der Waals surface area contributed by atoms with Crippen LogP contribution in [0.4, 0.5) is 0 Å². The third kappa shape index (κ3) is 4.79. The highest BCUT2D eigenvalue weighted by Crippen LogP contribution is 2.10. The quantitative estimate of drug-likeness (QED) is 0.656. The van der Waals surface area contributed by atoms with Crippen LogP contribution in [0.25, 0.3) is 5.69 Å². The van der Waals surface area contributed by atoms with Crippen LogP contribution >= 0.6 is 0 Å². The second kappa shape index (κ2) is 8.90. The van der Waals surface area contributed by atoms with E-state index in [1.807, 2.05) is 32.0 Å². The Morgan fingerprint density at radius 1 is 1.07 bits per heavy atom. The molecule has 2 amide bonds. The number of hydrogen-bond donors (Lipinski definition) is 2. The number of nitrogens with one attached hydrogen (secondary N) is 2. The molecule has 28 heavy (non-hydrogen) atoms. The van der Waals surface area contributed by atoms with E-state index in [0.717, 1.165) is 12.0 Å². The van der Waals surface area contributed by atoms with Gasteiger partial charge >= 0.3 is 0 Å². The Morgan fingerprint density at radius 2 is 1.82 bits per heavy atom. The highest BCUT2D eigenvalue weighted by molar-refractivity contribution is 5.95. The first-order valence-electron chi connectivity index (χ1n) is 9.08. The summed E-state index contributed by atoms with van der Waals surface area (Å²) in [7, 11) is 0. The lowest BCUT2D eigenvalue weighted by Gasteiger charge is -2.12. The van der Waals surface area contributed by atoms with Crippen LogP contribution in [0.5, 0.6) is 0 Å². The predicted octanol–water partition coefficient (Wildman–Crippen LogP) is 2.12. The van der Waals surface area contributed by atoms with Crippen molar-refractivity contribution >= 4 is 11.8 Å². The zero-order chi connectivity index (χ0) is 19.9. The molecular formula is C20H22N6O2. The predicted molar refractivity (Wildman–Crippen MR) is 104 cm³/mol. The van der Waals surface area contributed by atoms with Crippen molar-refractivity contribution in [2.24, 2.45) is 0 Å². The van der Waals surface area contributed by atoms with Crippen LogP contribution in [-0.4, -0.2) is 38.1 Å². The van der Waals surface area contributed by atoms with E-state index in [9.17, 15) is 9.59 Å². The van der Waals surface area contributed by atoms with Gasteiger partial charge in [0.15, 0.2) is 0 Å². The second-order valence-corrected chi connectivity index (χ2v) is 6.47. The summed E-state index contributed by atoms with van der Waals surface area (Å²) in [4.78, 5) is 24.8. The summed E-state index contributed by atoms with van der Waals surface area (Å²) in [5.74, 6) is -0.332. The average Bonchev–Trinajstić information content (AvgIpc) is 3.27. The number of carbonyl (C=O) groups is 2. The molecule has 1 unspecified atom stereocenters. The van der Waals surface area contributed by atoms with E-state index >= 15 is 0 Å². The van der Waals surface area contributed by atoms with Crippen molar-refractivity contribution in [1.82, 2.24) is 30.8 Å². The Hall–Kier alpha value is -3.55. The summed E-state index contributed by atoms with van der Waals surface area (Å²) in [6, 6.07) is 14.4. The minimum atomic E-state index is -0.218. The zero-order valence-electron chi connectivity index (χ0n) is 15.8. The number of nitrogens with zero attached hydrogens (tertiary/aromatic N) is 4. The fourth-order valence-corrected chi connectivity index (χ4v) is 2.59. The summed E-state index contributed by atoms with van der Waals surface area (Å²) < 4.78 is 1.48. The van der Waals surface area contributed by atoms with Crippen molar-refractivity contribution in [2.45, 2.75) is 32.9 Å². The van der Waals surface area contributed by atoms with E-state index in [1.54, 1.807) is 30.3 Å². The van der Waals surface area contributed by atoms with Gasteiger partial charge in [-0.15, -0.1) is 5.10 Å². The summed E-state index contributed by atoms with van der Waals surface area (Å²) in [5, 5.41) is 16.8. The van der Waals surface area contributed by atoms with Crippen molar-refractivity contribution < 1.29 is 9.59 Å². The maximum absolute atomic E-state index is 12.5. The molecule has 3 rings (SSSR count). The monoisotopic (exact) mass is 378 g/mol. The lowest BCUT2D eigenvalue weighted by atomic mass is 10.1. The fourth-order valence-electron chi connectivity index (χ4n) is 2.59. The van der Waals surface area contributed by atoms with Crippen molar-refractivity contribution in [2.75, 3.05) is 0 Å². The Balaban J connectivity index is 1.64. The van der Waals surface area contributed by atoms with E-state index in [2.05, 4.69) is 26.2 Å². The molecule has 0 saturated carbocycles. The van der Waals surface area contributed by atoms with Gasteiger partial charge in [-0.3, -0.25) is 9.59 Å². The second-order valence-electron chi connectivity index (χ2n) is 6.47. The Labute approximate surface area is 163 Å². The van der Waals surface area contributed by atoms with E-state index in [-0.39, 0.29) is 17.9 Å². The van der Waals surface area contributed by atoms with Crippen LogP contribution in [0, 0.1) is 0 Å². The molecule has 0 radical (unpaired) electrons. The number of tetrazole rings is 1. The smallest absolute Gasteiger partial charge is 0.251 e. The lowest BCUT2D eigenvalue weighted by molar-refractivity contribution is 0.0936. The number of rotatable bonds is 7. The van der Waals surface area contributed by atoms with Gasteiger partial charge in [0, 0.05) is 23.7 Å². The number of hydrogen-bond acceptors (Lipinski definition) is 5. The first-order chi connectivity index (χ1) is 13.6. The Kier molecular flexibility index (Phi) is 6.11. The molecule has 2 aromatic carbocycles. The number of aromatic nitrogens is 4. The molecule has 2 N–H and O–H groups in total. The SMILES string of the molecule is CCC(C)NC(=O)c1cccc(CNC(=O)c2cccc(-n3cnnn3)c2)c1. The first-order valence-corrected chi connectivity index (χ1v) is 9.08. The molecule has 0 fully saturated rings. The molecule has 1 heterocycles. The standard InChI is InChI=1S/C20H22N6O2/c1-3-14(2)23-20(28)16-7-4-6-15(10-16)12-21-19(27)17-8-5-9-18(11-17)26-13-22-24-25-26/h4-11,13-14H,3,12H2,1-2H3,(H,21,27)(H,23,28). The molecule has 1 atom stereocenters. The van der Waals surface area contributed by atoms with Gasteiger partial charge in [0.2, 0.25) is 0 Å². The molecule has 0 spiro atoms. The van der Waals surface area contributed by atoms with Crippen molar-refractivity contribution in [3.05, 3.63) is 71.5 Å². The van der Waals surface area contributed by atoms with E-state index < -0.39 is 0 Å². The van der Waals surface area contributed by atoms with Crippen LogP contribution < -0.4 is 10.6 Å². The lowest BCUT2D eigenvalue weighted by Crippen LogP contribution is -2.32. The van der Waals surface area contributed by atoms with Gasteiger partial charge in [-0.2, -0.15) is 0 Å². The number of carbonyl (C=O) groups excluding carboxylic acids is 2.